The zero-order valence-electron chi connectivity index (χ0n) is 11.4. The predicted octanol–water partition coefficient (Wildman–Crippen LogP) is 2.55. The van der Waals surface area contributed by atoms with Crippen molar-refractivity contribution in [1.82, 2.24) is 14.8 Å². The molecule has 1 aromatic carbocycles. The number of hydrogen-bond acceptors (Lipinski definition) is 4. The van der Waals surface area contributed by atoms with Gasteiger partial charge in [-0.25, -0.2) is 8.78 Å². The maximum atomic E-state index is 13.9. The van der Waals surface area contributed by atoms with Gasteiger partial charge >= 0.3 is 0 Å². The molecule has 21 heavy (non-hydrogen) atoms. The van der Waals surface area contributed by atoms with E-state index in [-0.39, 0.29) is 17.3 Å². The summed E-state index contributed by atoms with van der Waals surface area (Å²) in [6.45, 7) is 2.59. The Morgan fingerprint density at radius 3 is 2.71 bits per heavy atom. The molecule has 3 rings (SSSR count). The molecule has 2 aromatic rings. The van der Waals surface area contributed by atoms with Crippen LogP contribution in [0.5, 0.6) is 0 Å². The summed E-state index contributed by atoms with van der Waals surface area (Å²) < 4.78 is 29.7. The van der Waals surface area contributed by atoms with Crippen LogP contribution in [-0.4, -0.2) is 14.8 Å². The van der Waals surface area contributed by atoms with Gasteiger partial charge in [-0.15, -0.1) is 10.2 Å². The van der Waals surface area contributed by atoms with Crippen LogP contribution >= 0.6 is 0 Å². The van der Waals surface area contributed by atoms with Crippen molar-refractivity contribution in [1.29, 1.82) is 5.26 Å². The van der Waals surface area contributed by atoms with Gasteiger partial charge in [-0.05, 0) is 25.5 Å². The summed E-state index contributed by atoms with van der Waals surface area (Å²) >= 11 is 0. The molecule has 0 radical (unpaired) electrons. The Morgan fingerprint density at radius 2 is 2.05 bits per heavy atom. The van der Waals surface area contributed by atoms with Crippen LogP contribution in [0.4, 0.5) is 14.5 Å². The first-order valence-corrected chi connectivity index (χ1v) is 6.68. The molecule has 0 unspecified atom stereocenters. The van der Waals surface area contributed by atoms with Crippen LogP contribution in [0.25, 0.3) is 0 Å². The molecule has 0 amide bonds. The summed E-state index contributed by atoms with van der Waals surface area (Å²) in [5, 5.41) is 19.6. The highest BCUT2D eigenvalue weighted by Gasteiger charge is 2.23. The molecular formula is C14H13F2N5. The molecule has 1 N–H and O–H groups in total. The quantitative estimate of drug-likeness (QED) is 0.943. The van der Waals surface area contributed by atoms with Gasteiger partial charge in [0.2, 0.25) is 0 Å². The van der Waals surface area contributed by atoms with Crippen molar-refractivity contribution in [2.75, 3.05) is 5.32 Å². The van der Waals surface area contributed by atoms with E-state index in [1.807, 2.05) is 4.57 Å². The second-order valence-corrected chi connectivity index (χ2v) is 5.02. The van der Waals surface area contributed by atoms with E-state index in [4.69, 9.17) is 5.26 Å². The van der Waals surface area contributed by atoms with E-state index in [9.17, 15) is 8.78 Å². The lowest BCUT2D eigenvalue weighted by Crippen LogP contribution is -2.15. The molecule has 0 saturated carbocycles. The third-order valence-corrected chi connectivity index (χ3v) is 3.56. The third kappa shape index (κ3) is 2.33. The summed E-state index contributed by atoms with van der Waals surface area (Å²) in [5.74, 6) is -0.0239. The van der Waals surface area contributed by atoms with Crippen LogP contribution in [-0.2, 0) is 13.0 Å². The molecule has 1 atom stereocenters. The molecule has 2 heterocycles. The smallest absolute Gasteiger partial charge is 0.155 e. The second-order valence-electron chi connectivity index (χ2n) is 5.02. The van der Waals surface area contributed by atoms with Crippen LogP contribution in [0.2, 0.25) is 0 Å². The van der Waals surface area contributed by atoms with Gasteiger partial charge in [-0.2, -0.15) is 5.26 Å². The fraction of sp³-hybridized carbons (Fsp3) is 0.357. The summed E-state index contributed by atoms with van der Waals surface area (Å²) in [6.07, 6.45) is 1.88. The predicted molar refractivity (Wildman–Crippen MR) is 71.5 cm³/mol. The molecular weight excluding hydrogens is 276 g/mol. The minimum Gasteiger partial charge on any atom is -0.371 e. The zero-order valence-corrected chi connectivity index (χ0v) is 11.4. The van der Waals surface area contributed by atoms with Gasteiger partial charge in [0, 0.05) is 13.0 Å². The number of aromatic nitrogens is 3. The van der Waals surface area contributed by atoms with Crippen LogP contribution < -0.4 is 5.32 Å². The Morgan fingerprint density at radius 1 is 1.33 bits per heavy atom. The van der Waals surface area contributed by atoms with Crippen LogP contribution in [0.15, 0.2) is 12.1 Å². The van der Waals surface area contributed by atoms with E-state index in [0.717, 1.165) is 37.3 Å². The van der Waals surface area contributed by atoms with Crippen molar-refractivity contribution >= 4 is 5.69 Å². The van der Waals surface area contributed by atoms with Gasteiger partial charge in [0.05, 0.1) is 17.7 Å². The van der Waals surface area contributed by atoms with Crippen LogP contribution in [0.3, 0.4) is 0 Å². The highest BCUT2D eigenvalue weighted by molar-refractivity contribution is 5.51. The first kappa shape index (κ1) is 13.5. The van der Waals surface area contributed by atoms with Gasteiger partial charge in [0.15, 0.2) is 17.5 Å². The first-order chi connectivity index (χ1) is 10.1. The standard InChI is InChI=1S/C14H13F2N5/c1-8(14-20-19-12-3-2-4-21(12)14)18-13-10(15)5-9(7-17)6-11(13)16/h5-6,8,18H,2-4H2,1H3/t8-/m0/s1. The second kappa shape index (κ2) is 5.13. The number of nitrogens with one attached hydrogen (secondary N) is 1. The van der Waals surface area contributed by atoms with E-state index in [1.165, 1.54) is 0 Å². The van der Waals surface area contributed by atoms with E-state index in [0.29, 0.717) is 5.82 Å². The maximum absolute atomic E-state index is 13.9. The molecule has 0 fully saturated rings. The molecule has 0 aliphatic carbocycles. The molecule has 0 saturated heterocycles. The Labute approximate surface area is 120 Å². The maximum Gasteiger partial charge on any atom is 0.155 e. The summed E-state index contributed by atoms with van der Waals surface area (Å²) in [5.41, 5.74) is -0.302. The summed E-state index contributed by atoms with van der Waals surface area (Å²) in [6, 6.07) is 3.34. The number of anilines is 1. The zero-order chi connectivity index (χ0) is 15.0. The Bertz CT molecular complexity index is 708. The van der Waals surface area contributed by atoms with E-state index < -0.39 is 11.6 Å². The van der Waals surface area contributed by atoms with Gasteiger partial charge in [-0.1, -0.05) is 0 Å². The van der Waals surface area contributed by atoms with Crippen molar-refractivity contribution in [2.45, 2.75) is 32.4 Å². The van der Waals surface area contributed by atoms with Gasteiger partial charge < -0.3 is 9.88 Å². The molecule has 1 aromatic heterocycles. The number of rotatable bonds is 3. The van der Waals surface area contributed by atoms with Crippen molar-refractivity contribution in [3.63, 3.8) is 0 Å². The molecule has 0 spiro atoms. The van der Waals surface area contributed by atoms with Gasteiger partial charge in [-0.3, -0.25) is 0 Å². The van der Waals surface area contributed by atoms with Crippen molar-refractivity contribution in [3.8, 4) is 6.07 Å². The van der Waals surface area contributed by atoms with Gasteiger partial charge in [0.1, 0.15) is 11.5 Å². The van der Waals surface area contributed by atoms with Crippen molar-refractivity contribution in [3.05, 3.63) is 41.0 Å². The minimum atomic E-state index is -0.792. The SMILES string of the molecule is C[C@H](Nc1c(F)cc(C#N)cc1F)c1nnc2n1CCC2. The number of hydrogen-bond donors (Lipinski definition) is 1. The van der Waals surface area contributed by atoms with Crippen molar-refractivity contribution in [2.24, 2.45) is 0 Å². The summed E-state index contributed by atoms with van der Waals surface area (Å²) in [7, 11) is 0. The molecule has 0 bridgehead atoms. The topological polar surface area (TPSA) is 66.5 Å². The molecule has 108 valence electrons. The lowest BCUT2D eigenvalue weighted by molar-refractivity contribution is 0.578. The fourth-order valence-corrected chi connectivity index (χ4v) is 2.55. The van der Waals surface area contributed by atoms with E-state index in [2.05, 4.69) is 15.5 Å². The minimum absolute atomic E-state index is 0.0495. The summed E-state index contributed by atoms with van der Waals surface area (Å²) in [4.78, 5) is 0. The molecule has 5 nitrogen and oxygen atoms in total. The van der Waals surface area contributed by atoms with Gasteiger partial charge in [0.25, 0.3) is 0 Å². The van der Waals surface area contributed by atoms with Crippen molar-refractivity contribution < 1.29 is 8.78 Å². The first-order valence-electron chi connectivity index (χ1n) is 6.68. The van der Waals surface area contributed by atoms with Crippen LogP contribution in [0.1, 0.15) is 36.6 Å². The molecule has 7 heteroatoms. The van der Waals surface area contributed by atoms with Crippen LogP contribution in [0, 0.1) is 23.0 Å². The average Bonchev–Trinajstić information content (AvgIpc) is 3.04. The fourth-order valence-electron chi connectivity index (χ4n) is 2.55. The average molecular weight is 289 g/mol. The third-order valence-electron chi connectivity index (χ3n) is 3.56. The largest absolute Gasteiger partial charge is 0.371 e. The monoisotopic (exact) mass is 289 g/mol. The number of benzene rings is 1. The number of nitriles is 1. The lowest BCUT2D eigenvalue weighted by atomic mass is 10.2. The molecule has 1 aliphatic heterocycles. The Balaban J connectivity index is 1.88. The van der Waals surface area contributed by atoms with E-state index in [1.54, 1.807) is 13.0 Å². The number of halogens is 2. The highest BCUT2D eigenvalue weighted by Crippen LogP contribution is 2.26. The molecule has 1 aliphatic rings. The Hall–Kier alpha value is -2.49. The Kier molecular flexibility index (Phi) is 3.29. The number of aryl methyl sites for hydroxylation is 1. The number of fused-ring (bicyclic) bond motifs is 1. The lowest BCUT2D eigenvalue weighted by Gasteiger charge is -2.16. The normalized spacial score (nSPS) is 14.6. The van der Waals surface area contributed by atoms with E-state index >= 15 is 0 Å². The number of nitrogens with zero attached hydrogens (tertiary/aromatic N) is 4. The highest BCUT2D eigenvalue weighted by atomic mass is 19.1.